The van der Waals surface area contributed by atoms with Crippen molar-refractivity contribution in [2.24, 2.45) is 5.41 Å². The van der Waals surface area contributed by atoms with Gasteiger partial charge in [-0.05, 0) is 17.9 Å². The second-order valence-electron chi connectivity index (χ2n) is 5.54. The monoisotopic (exact) mass is 234 g/mol. The van der Waals surface area contributed by atoms with Gasteiger partial charge in [0.15, 0.2) is 0 Å². The van der Waals surface area contributed by atoms with Crippen LogP contribution in [0.5, 0.6) is 0 Å². The van der Waals surface area contributed by atoms with Crippen LogP contribution < -0.4 is 5.11 Å². The van der Waals surface area contributed by atoms with Gasteiger partial charge in [-0.1, -0.05) is 51.1 Å². The molecule has 0 aliphatic carbocycles. The van der Waals surface area contributed by atoms with E-state index in [4.69, 9.17) is 0 Å². The van der Waals surface area contributed by atoms with Gasteiger partial charge >= 0.3 is 0 Å². The van der Waals surface area contributed by atoms with E-state index in [1.807, 2.05) is 58.0 Å². The van der Waals surface area contributed by atoms with Gasteiger partial charge in [0.2, 0.25) is 0 Å². The fourth-order valence-electron chi connectivity index (χ4n) is 1.78. The lowest BCUT2D eigenvalue weighted by molar-refractivity contribution is -0.269. The zero-order chi connectivity index (χ0) is 13.1. The second-order valence-corrected chi connectivity index (χ2v) is 5.54. The Morgan fingerprint density at radius 2 is 1.82 bits per heavy atom. The van der Waals surface area contributed by atoms with Crippen molar-refractivity contribution in [2.45, 2.75) is 33.7 Å². The van der Waals surface area contributed by atoms with Crippen molar-refractivity contribution in [1.82, 2.24) is 4.90 Å². The number of carboxylic acid groups (broad SMARTS) is 1. The summed E-state index contributed by atoms with van der Waals surface area (Å²) in [5.41, 5.74) is 0.907. The number of benzene rings is 1. The number of hydrogen-bond donors (Lipinski definition) is 0. The van der Waals surface area contributed by atoms with E-state index in [-0.39, 0.29) is 11.5 Å². The maximum absolute atomic E-state index is 11.2. The molecular formula is C14H20NO2-. The lowest BCUT2D eigenvalue weighted by Gasteiger charge is -2.36. The molecule has 1 unspecified atom stereocenters. The summed E-state index contributed by atoms with van der Waals surface area (Å²) in [4.78, 5) is 12.6. The Balaban J connectivity index is 2.89. The van der Waals surface area contributed by atoms with Crippen molar-refractivity contribution in [3.8, 4) is 0 Å². The Morgan fingerprint density at radius 3 is 2.24 bits per heavy atom. The van der Waals surface area contributed by atoms with Gasteiger partial charge in [0.1, 0.15) is 6.09 Å². The van der Waals surface area contributed by atoms with Gasteiger partial charge in [-0.3, -0.25) is 0 Å². The number of hydrogen-bond acceptors (Lipinski definition) is 2. The predicted octanol–water partition coefficient (Wildman–Crippen LogP) is 2.44. The van der Waals surface area contributed by atoms with Crippen LogP contribution in [0.3, 0.4) is 0 Å². The number of nitrogens with zero attached hydrogens (tertiary/aromatic N) is 1. The van der Waals surface area contributed by atoms with Gasteiger partial charge in [0.25, 0.3) is 0 Å². The van der Waals surface area contributed by atoms with Gasteiger partial charge in [-0.25, -0.2) is 0 Å². The SMILES string of the molecule is CC(c1ccccc1)N(CC(C)(C)C)C(=O)[O-]. The van der Waals surface area contributed by atoms with E-state index in [0.29, 0.717) is 6.54 Å². The molecule has 0 N–H and O–H groups in total. The third kappa shape index (κ3) is 4.10. The van der Waals surface area contributed by atoms with Crippen molar-refractivity contribution in [1.29, 1.82) is 0 Å². The minimum Gasteiger partial charge on any atom is -0.530 e. The Hall–Kier alpha value is -1.51. The molecule has 0 radical (unpaired) electrons. The summed E-state index contributed by atoms with van der Waals surface area (Å²) in [7, 11) is 0. The molecule has 0 bridgehead atoms. The van der Waals surface area contributed by atoms with Crippen LogP contribution in [-0.2, 0) is 0 Å². The molecule has 0 spiro atoms. The van der Waals surface area contributed by atoms with E-state index >= 15 is 0 Å². The first kappa shape index (κ1) is 13.6. The molecule has 1 aromatic rings. The van der Waals surface area contributed by atoms with Crippen molar-refractivity contribution < 1.29 is 9.90 Å². The zero-order valence-electron chi connectivity index (χ0n) is 10.9. The Bertz CT molecular complexity index is 368. The molecule has 0 heterocycles. The summed E-state index contributed by atoms with van der Waals surface area (Å²) in [5, 5.41) is 11.2. The molecule has 0 fully saturated rings. The highest BCUT2D eigenvalue weighted by atomic mass is 16.4. The van der Waals surface area contributed by atoms with Crippen molar-refractivity contribution in [3.05, 3.63) is 35.9 Å². The fourth-order valence-corrected chi connectivity index (χ4v) is 1.78. The summed E-state index contributed by atoms with van der Waals surface area (Å²) < 4.78 is 0. The lowest BCUT2D eigenvalue weighted by Crippen LogP contribution is -2.46. The number of amides is 1. The smallest absolute Gasteiger partial charge is 0.137 e. The number of carbonyl (C=O) groups excluding carboxylic acids is 1. The third-order valence-electron chi connectivity index (χ3n) is 2.63. The van der Waals surface area contributed by atoms with E-state index in [1.54, 1.807) is 0 Å². The highest BCUT2D eigenvalue weighted by Gasteiger charge is 2.21. The van der Waals surface area contributed by atoms with Crippen LogP contribution in [0.25, 0.3) is 0 Å². The molecule has 0 aliphatic rings. The Morgan fingerprint density at radius 1 is 1.29 bits per heavy atom. The molecule has 1 aromatic carbocycles. The second kappa shape index (κ2) is 5.21. The van der Waals surface area contributed by atoms with E-state index in [9.17, 15) is 9.90 Å². The predicted molar refractivity (Wildman–Crippen MR) is 66.4 cm³/mol. The Kier molecular flexibility index (Phi) is 4.16. The highest BCUT2D eigenvalue weighted by Crippen LogP contribution is 2.24. The summed E-state index contributed by atoms with van der Waals surface area (Å²) in [6.45, 7) is 8.39. The fraction of sp³-hybridized carbons (Fsp3) is 0.500. The first-order valence-electron chi connectivity index (χ1n) is 5.84. The maximum atomic E-state index is 11.2. The first-order chi connectivity index (χ1) is 7.81. The topological polar surface area (TPSA) is 43.4 Å². The van der Waals surface area contributed by atoms with Crippen LogP contribution in [0.2, 0.25) is 0 Å². The van der Waals surface area contributed by atoms with E-state index < -0.39 is 6.09 Å². The van der Waals surface area contributed by atoms with E-state index in [2.05, 4.69) is 0 Å². The molecule has 0 aliphatic heterocycles. The normalized spacial score (nSPS) is 13.2. The largest absolute Gasteiger partial charge is 0.530 e. The van der Waals surface area contributed by atoms with Crippen LogP contribution in [-0.4, -0.2) is 17.5 Å². The molecule has 0 aromatic heterocycles. The van der Waals surface area contributed by atoms with Gasteiger partial charge in [0.05, 0.1) is 6.04 Å². The first-order valence-corrected chi connectivity index (χ1v) is 5.84. The molecule has 0 saturated heterocycles. The van der Waals surface area contributed by atoms with Crippen LogP contribution in [0.4, 0.5) is 4.79 Å². The van der Waals surface area contributed by atoms with Crippen molar-refractivity contribution in [2.75, 3.05) is 6.54 Å². The zero-order valence-corrected chi connectivity index (χ0v) is 10.9. The van der Waals surface area contributed by atoms with Crippen molar-refractivity contribution >= 4 is 6.09 Å². The molecule has 17 heavy (non-hydrogen) atoms. The number of carbonyl (C=O) groups is 1. The molecule has 1 rings (SSSR count). The van der Waals surface area contributed by atoms with Gasteiger partial charge < -0.3 is 14.8 Å². The lowest BCUT2D eigenvalue weighted by atomic mass is 9.94. The molecule has 1 amide bonds. The average molecular weight is 234 g/mol. The maximum Gasteiger partial charge on any atom is 0.137 e. The van der Waals surface area contributed by atoms with Gasteiger partial charge in [-0.15, -0.1) is 0 Å². The standard InChI is InChI=1S/C14H21NO2/c1-11(12-8-6-5-7-9-12)15(13(16)17)10-14(2,3)4/h5-9,11H,10H2,1-4H3,(H,16,17)/p-1. The molecule has 94 valence electrons. The van der Waals surface area contributed by atoms with Crippen LogP contribution in [0.15, 0.2) is 30.3 Å². The van der Waals surface area contributed by atoms with E-state index in [0.717, 1.165) is 5.56 Å². The van der Waals surface area contributed by atoms with Crippen molar-refractivity contribution in [3.63, 3.8) is 0 Å². The van der Waals surface area contributed by atoms with E-state index in [1.165, 1.54) is 4.90 Å². The molecule has 1 atom stereocenters. The number of rotatable bonds is 3. The van der Waals surface area contributed by atoms with Crippen LogP contribution in [0, 0.1) is 5.41 Å². The molecule has 3 nitrogen and oxygen atoms in total. The molecule has 3 heteroatoms. The average Bonchev–Trinajstić information content (AvgIpc) is 2.25. The summed E-state index contributed by atoms with van der Waals surface area (Å²) in [6, 6.07) is 9.43. The molecular weight excluding hydrogens is 214 g/mol. The summed E-state index contributed by atoms with van der Waals surface area (Å²) >= 11 is 0. The minimum absolute atomic E-state index is 0.0802. The minimum atomic E-state index is -1.11. The molecule has 0 saturated carbocycles. The van der Waals surface area contributed by atoms with Gasteiger partial charge in [0, 0.05) is 6.54 Å². The summed E-state index contributed by atoms with van der Waals surface area (Å²) in [6.07, 6.45) is -1.11. The third-order valence-corrected chi connectivity index (χ3v) is 2.63. The Labute approximate surface area is 103 Å². The van der Waals surface area contributed by atoms with Crippen LogP contribution >= 0.6 is 0 Å². The quantitative estimate of drug-likeness (QED) is 0.806. The van der Waals surface area contributed by atoms with Crippen LogP contribution in [0.1, 0.15) is 39.3 Å². The van der Waals surface area contributed by atoms with Gasteiger partial charge in [-0.2, -0.15) is 0 Å². The highest BCUT2D eigenvalue weighted by molar-refractivity contribution is 5.63. The summed E-state index contributed by atoms with van der Waals surface area (Å²) in [5.74, 6) is 0.